The van der Waals surface area contributed by atoms with E-state index < -0.39 is 15.9 Å². The van der Waals surface area contributed by atoms with Crippen LogP contribution in [0.15, 0.2) is 46.3 Å². The minimum atomic E-state index is -3.68. The van der Waals surface area contributed by atoms with E-state index in [2.05, 4.69) is 11.9 Å². The molecule has 1 unspecified atom stereocenters. The summed E-state index contributed by atoms with van der Waals surface area (Å²) in [7, 11) is -0.492. The van der Waals surface area contributed by atoms with E-state index in [9.17, 15) is 13.2 Å². The maximum absolute atomic E-state index is 13.0. The number of amides is 1. The average molecular weight is 518 g/mol. The molecule has 0 spiro atoms. The molecule has 1 aromatic heterocycles. The summed E-state index contributed by atoms with van der Waals surface area (Å²) in [5.41, 5.74) is 2.35. The zero-order valence-corrected chi connectivity index (χ0v) is 22.1. The fourth-order valence-electron chi connectivity index (χ4n) is 4.23. The Hall–Kier alpha value is -2.53. The number of fused-ring (bicyclic) bond motifs is 1. The van der Waals surface area contributed by atoms with E-state index in [1.54, 1.807) is 14.2 Å². The monoisotopic (exact) mass is 517 g/mol. The van der Waals surface area contributed by atoms with Gasteiger partial charge >= 0.3 is 0 Å². The van der Waals surface area contributed by atoms with Crippen LogP contribution in [0.4, 0.5) is 0 Å². The lowest BCUT2D eigenvalue weighted by atomic mass is 10.2. The number of hydrogen-bond donors (Lipinski definition) is 0. The molecule has 2 heterocycles. The van der Waals surface area contributed by atoms with Crippen molar-refractivity contribution in [3.05, 3.63) is 52.3 Å². The van der Waals surface area contributed by atoms with Gasteiger partial charge in [-0.15, -0.1) is 0 Å². The Bertz CT molecular complexity index is 1380. The topological polar surface area (TPSA) is 90.2 Å². The zero-order chi connectivity index (χ0) is 25.2. The van der Waals surface area contributed by atoms with Crippen LogP contribution in [0.5, 0.6) is 5.75 Å². The Balaban J connectivity index is 1.63. The Morgan fingerprint density at radius 2 is 2.00 bits per heavy atom. The minimum Gasteiger partial charge on any atom is -0.495 e. The van der Waals surface area contributed by atoms with E-state index in [0.717, 1.165) is 40.8 Å². The molecule has 1 saturated heterocycles. The second kappa shape index (κ2) is 10.6. The Morgan fingerprint density at radius 3 is 2.63 bits per heavy atom. The molecule has 0 bridgehead atoms. The molecule has 1 amide bonds. The van der Waals surface area contributed by atoms with Gasteiger partial charge in [-0.1, -0.05) is 24.3 Å². The van der Waals surface area contributed by atoms with Crippen LogP contribution < -0.4 is 9.54 Å². The summed E-state index contributed by atoms with van der Waals surface area (Å²) in [5.74, 6) is 0.320. The standard InChI is InChI=1S/C25H31N3O5S2/c1-5-14-28-22-21(32-4)13-8-17(2)23(22)34-25(28)26-24(29)18-9-11-20(12-10-18)35(30,31)27(3)16-19-7-6-15-33-19/h8-13,19H,5-7,14-16H2,1-4H3. The van der Waals surface area contributed by atoms with E-state index >= 15 is 0 Å². The number of thiazole rings is 1. The van der Waals surface area contributed by atoms with Gasteiger partial charge in [-0.25, -0.2) is 8.42 Å². The molecule has 1 fully saturated rings. The third-order valence-corrected chi connectivity index (χ3v) is 9.20. The molecule has 0 N–H and O–H groups in total. The predicted octanol–water partition coefficient (Wildman–Crippen LogP) is 3.97. The maximum atomic E-state index is 13.0. The highest BCUT2D eigenvalue weighted by molar-refractivity contribution is 7.89. The Kier molecular flexibility index (Phi) is 7.75. The highest BCUT2D eigenvalue weighted by Crippen LogP contribution is 2.30. The molecule has 4 rings (SSSR count). The number of benzene rings is 2. The fraction of sp³-hybridized carbons (Fsp3) is 0.440. The van der Waals surface area contributed by atoms with Gasteiger partial charge in [0.2, 0.25) is 10.0 Å². The maximum Gasteiger partial charge on any atom is 0.279 e. The molecule has 188 valence electrons. The van der Waals surface area contributed by atoms with Gasteiger partial charge in [0.1, 0.15) is 11.3 Å². The lowest BCUT2D eigenvalue weighted by Crippen LogP contribution is -2.34. The van der Waals surface area contributed by atoms with Crippen molar-refractivity contribution in [1.82, 2.24) is 8.87 Å². The number of ether oxygens (including phenoxy) is 2. The minimum absolute atomic E-state index is 0.0761. The van der Waals surface area contributed by atoms with E-state index in [0.29, 0.717) is 30.1 Å². The number of hydrogen-bond acceptors (Lipinski definition) is 6. The van der Waals surface area contributed by atoms with Crippen molar-refractivity contribution in [2.75, 3.05) is 27.3 Å². The first-order valence-corrected chi connectivity index (χ1v) is 14.0. The number of aromatic nitrogens is 1. The molecule has 1 aliphatic rings. The van der Waals surface area contributed by atoms with Crippen molar-refractivity contribution in [3.63, 3.8) is 0 Å². The predicted molar refractivity (Wildman–Crippen MR) is 137 cm³/mol. The molecule has 35 heavy (non-hydrogen) atoms. The molecule has 8 nitrogen and oxygen atoms in total. The van der Waals surface area contributed by atoms with Gasteiger partial charge < -0.3 is 14.0 Å². The van der Waals surface area contributed by atoms with E-state index in [1.807, 2.05) is 23.6 Å². The fourth-order valence-corrected chi connectivity index (χ4v) is 6.58. The number of nitrogens with zero attached hydrogens (tertiary/aromatic N) is 3. The van der Waals surface area contributed by atoms with Crippen molar-refractivity contribution >= 4 is 37.5 Å². The lowest BCUT2D eigenvalue weighted by molar-refractivity contribution is 0.0979. The normalized spacial score (nSPS) is 16.9. The third kappa shape index (κ3) is 5.20. The van der Waals surface area contributed by atoms with E-state index in [-0.39, 0.29) is 11.0 Å². The van der Waals surface area contributed by atoms with Crippen LogP contribution in [-0.4, -0.2) is 56.6 Å². The molecule has 3 aromatic rings. The molecule has 1 aliphatic heterocycles. The summed E-state index contributed by atoms with van der Waals surface area (Å²) in [4.78, 5) is 18.2. The Morgan fingerprint density at radius 1 is 1.26 bits per heavy atom. The van der Waals surface area contributed by atoms with Gasteiger partial charge in [0.15, 0.2) is 4.80 Å². The summed E-state index contributed by atoms with van der Waals surface area (Å²) >= 11 is 1.45. The summed E-state index contributed by atoms with van der Waals surface area (Å²) in [6.45, 7) is 5.77. The summed E-state index contributed by atoms with van der Waals surface area (Å²) in [6.07, 6.45) is 2.60. The van der Waals surface area contributed by atoms with Gasteiger partial charge in [-0.05, 0) is 62.1 Å². The van der Waals surface area contributed by atoms with Crippen LogP contribution in [-0.2, 0) is 21.3 Å². The first-order valence-electron chi connectivity index (χ1n) is 11.7. The van der Waals surface area contributed by atoms with Crippen molar-refractivity contribution in [2.45, 2.75) is 50.7 Å². The van der Waals surface area contributed by atoms with Gasteiger partial charge in [-0.3, -0.25) is 4.79 Å². The SMILES string of the molecule is CCCn1c(=NC(=O)c2ccc(S(=O)(=O)N(C)CC3CCCO3)cc2)sc2c(C)ccc(OC)c21. The van der Waals surface area contributed by atoms with Crippen LogP contribution in [0.25, 0.3) is 10.2 Å². The molecule has 10 heteroatoms. The molecule has 0 radical (unpaired) electrons. The van der Waals surface area contributed by atoms with Crippen molar-refractivity contribution < 1.29 is 22.7 Å². The molecule has 1 atom stereocenters. The van der Waals surface area contributed by atoms with Crippen molar-refractivity contribution in [1.29, 1.82) is 0 Å². The quantitative estimate of drug-likeness (QED) is 0.451. The third-order valence-electron chi connectivity index (χ3n) is 6.14. The molecule has 0 aliphatic carbocycles. The van der Waals surface area contributed by atoms with E-state index in [1.165, 1.54) is 39.9 Å². The van der Waals surface area contributed by atoms with Crippen LogP contribution in [0.2, 0.25) is 0 Å². The number of methoxy groups -OCH3 is 1. The molecular weight excluding hydrogens is 486 g/mol. The average Bonchev–Trinajstić information content (AvgIpc) is 3.48. The second-order valence-electron chi connectivity index (χ2n) is 8.66. The first kappa shape index (κ1) is 25.6. The van der Waals surface area contributed by atoms with E-state index in [4.69, 9.17) is 9.47 Å². The molecular formula is C25H31N3O5S2. The Labute approximate surface area is 209 Å². The number of likely N-dealkylation sites (N-methyl/N-ethyl adjacent to an activating group) is 1. The van der Waals surface area contributed by atoms with Crippen LogP contribution in [0, 0.1) is 6.92 Å². The van der Waals surface area contributed by atoms with Crippen LogP contribution >= 0.6 is 11.3 Å². The highest BCUT2D eigenvalue weighted by Gasteiger charge is 2.26. The van der Waals surface area contributed by atoms with Gasteiger partial charge in [0, 0.05) is 32.3 Å². The lowest BCUT2D eigenvalue weighted by Gasteiger charge is -2.20. The summed E-state index contributed by atoms with van der Waals surface area (Å²) in [6, 6.07) is 9.88. The first-order chi connectivity index (χ1) is 16.8. The van der Waals surface area contributed by atoms with Gasteiger partial charge in [0.05, 0.1) is 22.8 Å². The number of sulfonamides is 1. The van der Waals surface area contributed by atoms with Gasteiger partial charge in [0.25, 0.3) is 5.91 Å². The smallest absolute Gasteiger partial charge is 0.279 e. The highest BCUT2D eigenvalue weighted by atomic mass is 32.2. The molecule has 2 aromatic carbocycles. The number of carbonyl (C=O) groups excluding carboxylic acids is 1. The number of aryl methyl sites for hydroxylation is 2. The zero-order valence-electron chi connectivity index (χ0n) is 20.5. The second-order valence-corrected chi connectivity index (χ2v) is 11.7. The number of rotatable bonds is 8. The largest absolute Gasteiger partial charge is 0.495 e. The molecule has 0 saturated carbocycles. The van der Waals surface area contributed by atoms with Crippen LogP contribution in [0.1, 0.15) is 42.1 Å². The summed E-state index contributed by atoms with van der Waals surface area (Å²) < 4.78 is 41.4. The van der Waals surface area contributed by atoms with Crippen molar-refractivity contribution in [3.8, 4) is 5.75 Å². The summed E-state index contributed by atoms with van der Waals surface area (Å²) in [5, 5.41) is 0. The van der Waals surface area contributed by atoms with Crippen LogP contribution in [0.3, 0.4) is 0 Å². The van der Waals surface area contributed by atoms with Crippen molar-refractivity contribution in [2.24, 2.45) is 4.99 Å². The van der Waals surface area contributed by atoms with Gasteiger partial charge in [-0.2, -0.15) is 9.30 Å². The number of carbonyl (C=O) groups is 1.